The number of nitrogens with one attached hydrogen (secondary N) is 2. The maximum Gasteiger partial charge on any atom is 0.329 e. The molecule has 0 spiro atoms. The zero-order valence-electron chi connectivity index (χ0n) is 13.2. The summed E-state index contributed by atoms with van der Waals surface area (Å²) in [6.07, 6.45) is 8.00. The number of carbonyl (C=O) groups is 2. The highest BCUT2D eigenvalue weighted by atomic mass is 16.4. The summed E-state index contributed by atoms with van der Waals surface area (Å²) in [5.74, 6) is -0.901. The molecule has 2 aliphatic carbocycles. The lowest BCUT2D eigenvalue weighted by molar-refractivity contribution is -0.145. The van der Waals surface area contributed by atoms with Gasteiger partial charge < -0.3 is 15.7 Å². The summed E-state index contributed by atoms with van der Waals surface area (Å²) in [6.45, 7) is 4.51. The number of amides is 2. The van der Waals surface area contributed by atoms with Crippen molar-refractivity contribution >= 4 is 12.0 Å². The highest BCUT2D eigenvalue weighted by molar-refractivity contribution is 5.86. The molecule has 21 heavy (non-hydrogen) atoms. The predicted molar refractivity (Wildman–Crippen MR) is 81.2 cm³/mol. The number of rotatable bonds is 3. The topological polar surface area (TPSA) is 78.4 Å². The predicted octanol–water partition coefficient (Wildman–Crippen LogP) is 3.04. The minimum absolute atomic E-state index is 0.174. The lowest BCUT2D eigenvalue weighted by Gasteiger charge is -2.37. The van der Waals surface area contributed by atoms with Crippen molar-refractivity contribution in [1.82, 2.24) is 10.6 Å². The largest absolute Gasteiger partial charge is 0.480 e. The number of carboxylic acids is 1. The normalized spacial score (nSPS) is 25.0. The molecule has 2 fully saturated rings. The van der Waals surface area contributed by atoms with E-state index in [4.69, 9.17) is 0 Å². The summed E-state index contributed by atoms with van der Waals surface area (Å²) in [7, 11) is 0. The average molecular weight is 296 g/mol. The monoisotopic (exact) mass is 296 g/mol. The van der Waals surface area contributed by atoms with Crippen LogP contribution in [0.5, 0.6) is 0 Å². The van der Waals surface area contributed by atoms with E-state index in [0.29, 0.717) is 18.3 Å². The molecule has 5 nitrogen and oxygen atoms in total. The fraction of sp³-hybridized carbons (Fsp3) is 0.875. The average Bonchev–Trinajstić information content (AvgIpc) is 2.42. The molecule has 0 heterocycles. The van der Waals surface area contributed by atoms with Crippen LogP contribution in [-0.2, 0) is 4.79 Å². The van der Waals surface area contributed by atoms with Crippen LogP contribution in [0.2, 0.25) is 0 Å². The van der Waals surface area contributed by atoms with Crippen LogP contribution in [0, 0.1) is 5.41 Å². The van der Waals surface area contributed by atoms with Gasteiger partial charge in [0.2, 0.25) is 0 Å². The number of carboxylic acid groups (broad SMARTS) is 1. The number of urea groups is 1. The third-order valence-electron chi connectivity index (χ3n) is 5.14. The molecule has 0 aromatic carbocycles. The lowest BCUT2D eigenvalue weighted by atomic mass is 9.75. The number of aliphatic carboxylic acids is 1. The Bertz CT molecular complexity index is 390. The van der Waals surface area contributed by atoms with E-state index in [9.17, 15) is 14.7 Å². The quantitative estimate of drug-likeness (QED) is 0.749. The number of carbonyl (C=O) groups excluding carboxylic acids is 1. The Labute approximate surface area is 126 Å². The molecule has 0 aromatic rings. The zero-order valence-corrected chi connectivity index (χ0v) is 13.2. The summed E-state index contributed by atoms with van der Waals surface area (Å²) >= 11 is 0. The molecular weight excluding hydrogens is 268 g/mol. The molecule has 0 atom stereocenters. The molecule has 120 valence electrons. The Balaban J connectivity index is 1.87. The molecule has 2 amide bonds. The second-order valence-corrected chi connectivity index (χ2v) is 7.48. The second kappa shape index (κ2) is 6.24. The van der Waals surface area contributed by atoms with Crippen LogP contribution in [-0.4, -0.2) is 28.7 Å². The van der Waals surface area contributed by atoms with Gasteiger partial charge in [0, 0.05) is 6.04 Å². The van der Waals surface area contributed by atoms with Gasteiger partial charge in [-0.25, -0.2) is 9.59 Å². The third kappa shape index (κ3) is 4.11. The number of hydrogen-bond acceptors (Lipinski definition) is 2. The minimum Gasteiger partial charge on any atom is -0.480 e. The van der Waals surface area contributed by atoms with Gasteiger partial charge in [-0.1, -0.05) is 33.1 Å². The SMILES string of the molecule is CC1(C)CCC(NC(=O)NC2(C(=O)O)CCCCC2)CC1. The highest BCUT2D eigenvalue weighted by Gasteiger charge is 2.41. The van der Waals surface area contributed by atoms with Crippen molar-refractivity contribution < 1.29 is 14.7 Å². The van der Waals surface area contributed by atoms with E-state index in [0.717, 1.165) is 44.9 Å². The van der Waals surface area contributed by atoms with Gasteiger partial charge in [0.25, 0.3) is 0 Å². The molecule has 5 heteroatoms. The van der Waals surface area contributed by atoms with Gasteiger partial charge in [-0.15, -0.1) is 0 Å². The molecule has 2 aliphatic rings. The zero-order chi connectivity index (χ0) is 15.5. The third-order valence-corrected chi connectivity index (χ3v) is 5.14. The van der Waals surface area contributed by atoms with Gasteiger partial charge >= 0.3 is 12.0 Å². The van der Waals surface area contributed by atoms with Gasteiger partial charge in [-0.3, -0.25) is 0 Å². The van der Waals surface area contributed by atoms with Crippen LogP contribution >= 0.6 is 0 Å². The summed E-state index contributed by atoms with van der Waals surface area (Å²) in [5.41, 5.74) is -0.698. The minimum atomic E-state index is -1.06. The van der Waals surface area contributed by atoms with Crippen LogP contribution in [0.3, 0.4) is 0 Å². The molecule has 0 bridgehead atoms. The molecule has 2 saturated carbocycles. The first-order valence-electron chi connectivity index (χ1n) is 8.15. The van der Waals surface area contributed by atoms with Crippen molar-refractivity contribution in [2.45, 2.75) is 83.2 Å². The van der Waals surface area contributed by atoms with Crippen molar-refractivity contribution in [3.8, 4) is 0 Å². The standard InChI is InChI=1S/C16H28N2O3/c1-15(2)10-6-12(7-11-15)17-14(21)18-16(13(19)20)8-4-3-5-9-16/h12H,3-11H2,1-2H3,(H,19,20)(H2,17,18,21). The summed E-state index contributed by atoms with van der Waals surface area (Å²) < 4.78 is 0. The van der Waals surface area contributed by atoms with Gasteiger partial charge in [0.15, 0.2) is 0 Å². The molecule has 3 N–H and O–H groups in total. The van der Waals surface area contributed by atoms with E-state index < -0.39 is 11.5 Å². The van der Waals surface area contributed by atoms with Crippen molar-refractivity contribution in [2.24, 2.45) is 5.41 Å². The first kappa shape index (κ1) is 16.1. The van der Waals surface area contributed by atoms with E-state index in [-0.39, 0.29) is 12.1 Å². The number of hydrogen-bond donors (Lipinski definition) is 3. The van der Waals surface area contributed by atoms with E-state index in [1.165, 1.54) is 0 Å². The van der Waals surface area contributed by atoms with Crippen molar-refractivity contribution in [3.63, 3.8) is 0 Å². The van der Waals surface area contributed by atoms with Crippen LogP contribution < -0.4 is 10.6 Å². The van der Waals surface area contributed by atoms with Gasteiger partial charge in [0.05, 0.1) is 0 Å². The van der Waals surface area contributed by atoms with Crippen LogP contribution in [0.1, 0.15) is 71.6 Å². The molecule has 0 radical (unpaired) electrons. The van der Waals surface area contributed by atoms with Gasteiger partial charge in [0.1, 0.15) is 5.54 Å². The molecule has 0 unspecified atom stereocenters. The van der Waals surface area contributed by atoms with E-state index >= 15 is 0 Å². The van der Waals surface area contributed by atoms with Gasteiger partial charge in [-0.2, -0.15) is 0 Å². The molecule has 0 aromatic heterocycles. The van der Waals surface area contributed by atoms with Gasteiger partial charge in [-0.05, 0) is 43.9 Å². The Kier molecular flexibility index (Phi) is 4.79. The summed E-state index contributed by atoms with van der Waals surface area (Å²) in [6, 6.07) is -0.142. The molecular formula is C16H28N2O3. The molecule has 0 aliphatic heterocycles. The van der Waals surface area contributed by atoms with E-state index in [2.05, 4.69) is 24.5 Å². The molecule has 0 saturated heterocycles. The van der Waals surface area contributed by atoms with E-state index in [1.54, 1.807) is 0 Å². The first-order chi connectivity index (χ1) is 9.83. The highest BCUT2D eigenvalue weighted by Crippen LogP contribution is 2.35. The van der Waals surface area contributed by atoms with Crippen LogP contribution in [0.25, 0.3) is 0 Å². The Morgan fingerprint density at radius 3 is 2.10 bits per heavy atom. The van der Waals surface area contributed by atoms with E-state index in [1.807, 2.05) is 0 Å². The summed E-state index contributed by atoms with van der Waals surface area (Å²) in [5, 5.41) is 15.2. The first-order valence-corrected chi connectivity index (χ1v) is 8.15. The Morgan fingerprint density at radius 1 is 1.00 bits per heavy atom. The van der Waals surface area contributed by atoms with Crippen molar-refractivity contribution in [3.05, 3.63) is 0 Å². The Morgan fingerprint density at radius 2 is 1.57 bits per heavy atom. The fourth-order valence-electron chi connectivity index (χ4n) is 3.53. The molecule has 2 rings (SSSR count). The Hall–Kier alpha value is -1.26. The van der Waals surface area contributed by atoms with Crippen molar-refractivity contribution in [1.29, 1.82) is 0 Å². The lowest BCUT2D eigenvalue weighted by Crippen LogP contribution is -2.59. The second-order valence-electron chi connectivity index (χ2n) is 7.48. The van der Waals surface area contributed by atoms with Crippen LogP contribution in [0.4, 0.5) is 4.79 Å². The van der Waals surface area contributed by atoms with Crippen LogP contribution in [0.15, 0.2) is 0 Å². The maximum atomic E-state index is 12.2. The maximum absolute atomic E-state index is 12.2. The smallest absolute Gasteiger partial charge is 0.329 e. The summed E-state index contributed by atoms with van der Waals surface area (Å²) in [4.78, 5) is 23.7. The fourth-order valence-corrected chi connectivity index (χ4v) is 3.53. The van der Waals surface area contributed by atoms with Crippen molar-refractivity contribution in [2.75, 3.05) is 0 Å².